The van der Waals surface area contributed by atoms with Gasteiger partial charge >= 0.3 is 0 Å². The molecule has 0 aliphatic carbocycles. The third-order valence-electron chi connectivity index (χ3n) is 6.47. The van der Waals surface area contributed by atoms with Crippen molar-refractivity contribution in [2.24, 2.45) is 10.9 Å². The van der Waals surface area contributed by atoms with Crippen molar-refractivity contribution < 1.29 is 9.21 Å². The lowest BCUT2D eigenvalue weighted by Crippen LogP contribution is -2.29. The van der Waals surface area contributed by atoms with Crippen molar-refractivity contribution in [1.82, 2.24) is 15.1 Å². The molecule has 7 nitrogen and oxygen atoms in total. The summed E-state index contributed by atoms with van der Waals surface area (Å²) in [5.41, 5.74) is 4.33. The van der Waals surface area contributed by atoms with Crippen molar-refractivity contribution in [2.75, 3.05) is 11.9 Å². The van der Waals surface area contributed by atoms with Crippen LogP contribution < -0.4 is 5.32 Å². The summed E-state index contributed by atoms with van der Waals surface area (Å²) in [6.07, 6.45) is 4.46. The van der Waals surface area contributed by atoms with E-state index >= 15 is 0 Å². The van der Waals surface area contributed by atoms with Crippen molar-refractivity contribution in [1.29, 1.82) is 0 Å². The zero-order chi connectivity index (χ0) is 22.8. The molecule has 168 valence electrons. The van der Waals surface area contributed by atoms with E-state index in [1.165, 1.54) is 0 Å². The first-order valence-corrected chi connectivity index (χ1v) is 11.2. The minimum Gasteiger partial charge on any atom is -0.452 e. The van der Waals surface area contributed by atoms with Crippen molar-refractivity contribution in [3.63, 3.8) is 0 Å². The van der Waals surface area contributed by atoms with Gasteiger partial charge in [-0.05, 0) is 44.7 Å². The first kappa shape index (κ1) is 21.9. The minimum absolute atomic E-state index is 0.0827. The average Bonchev–Trinajstić information content (AvgIpc) is 3.50. The maximum absolute atomic E-state index is 11.9. The molecule has 0 radical (unpaired) electrons. The van der Waals surface area contributed by atoms with Gasteiger partial charge in [0.05, 0.1) is 17.9 Å². The third-order valence-corrected chi connectivity index (χ3v) is 6.47. The number of rotatable bonds is 8. The second-order valence-corrected chi connectivity index (χ2v) is 8.65. The number of nitrogens with one attached hydrogen (secondary N) is 2. The van der Waals surface area contributed by atoms with E-state index in [0.29, 0.717) is 30.3 Å². The van der Waals surface area contributed by atoms with Crippen LogP contribution in [-0.4, -0.2) is 45.7 Å². The monoisotopic (exact) mass is 433 g/mol. The molecule has 1 aromatic carbocycles. The highest BCUT2D eigenvalue weighted by Crippen LogP contribution is 2.40. The van der Waals surface area contributed by atoms with E-state index in [1.807, 2.05) is 36.1 Å². The number of furan rings is 1. The number of aryl methyl sites for hydroxylation is 1. The Kier molecular flexibility index (Phi) is 6.17. The number of hydrogen-bond donors (Lipinski definition) is 2. The fraction of sp³-hybridized carbons (Fsp3) is 0.400. The van der Waals surface area contributed by atoms with E-state index in [4.69, 9.17) is 9.41 Å². The number of benzene rings is 1. The fourth-order valence-corrected chi connectivity index (χ4v) is 4.16. The lowest BCUT2D eigenvalue weighted by Gasteiger charge is -2.24. The van der Waals surface area contributed by atoms with Crippen LogP contribution in [0.5, 0.6) is 0 Å². The van der Waals surface area contributed by atoms with Crippen LogP contribution in [0.25, 0.3) is 16.7 Å². The van der Waals surface area contributed by atoms with Gasteiger partial charge in [0.25, 0.3) is 0 Å². The van der Waals surface area contributed by atoms with E-state index < -0.39 is 0 Å². The van der Waals surface area contributed by atoms with E-state index in [0.717, 1.165) is 46.5 Å². The molecule has 3 unspecified atom stereocenters. The van der Waals surface area contributed by atoms with E-state index in [-0.39, 0.29) is 12.1 Å². The Balaban J connectivity index is 1.67. The number of aromatic nitrogens is 2. The summed E-state index contributed by atoms with van der Waals surface area (Å²) in [5, 5.41) is 11.5. The third kappa shape index (κ3) is 4.07. The largest absolute Gasteiger partial charge is 0.452 e. The molecule has 32 heavy (non-hydrogen) atoms. The number of hydrogen-bond acceptors (Lipinski definition) is 6. The maximum Gasteiger partial charge on any atom is 0.176 e. The number of carbonyl (C=O) groups excluding carboxylic acids is 1. The second kappa shape index (κ2) is 9.02. The molecular formula is C25H31N5O2. The van der Waals surface area contributed by atoms with Crippen LogP contribution in [-0.2, 0) is 4.79 Å². The van der Waals surface area contributed by atoms with E-state index in [2.05, 4.69) is 42.9 Å². The highest BCUT2D eigenvalue weighted by molar-refractivity contribution is 5.99. The van der Waals surface area contributed by atoms with Crippen molar-refractivity contribution in [3.05, 3.63) is 48.4 Å². The first-order valence-electron chi connectivity index (χ1n) is 11.2. The van der Waals surface area contributed by atoms with Gasteiger partial charge in [0.15, 0.2) is 5.76 Å². The Bertz CT molecular complexity index is 1160. The molecule has 3 heterocycles. The van der Waals surface area contributed by atoms with Crippen LogP contribution in [0.2, 0.25) is 0 Å². The molecule has 0 amide bonds. The lowest BCUT2D eigenvalue weighted by atomic mass is 10.0. The normalized spacial score (nSPS) is 20.0. The first-order chi connectivity index (χ1) is 15.4. The predicted molar refractivity (Wildman–Crippen MR) is 129 cm³/mol. The van der Waals surface area contributed by atoms with Gasteiger partial charge < -0.3 is 19.4 Å². The number of nitrogens with zero attached hydrogens (tertiary/aromatic N) is 3. The molecule has 2 N–H and O–H groups in total. The highest BCUT2D eigenvalue weighted by atomic mass is 16.3. The quantitative estimate of drug-likeness (QED) is 0.370. The molecule has 3 atom stereocenters. The number of fused-ring (bicyclic) bond motifs is 1. The molecule has 1 aliphatic heterocycles. The van der Waals surface area contributed by atoms with Crippen LogP contribution in [0.4, 0.5) is 11.5 Å². The molecule has 0 spiro atoms. The van der Waals surface area contributed by atoms with Crippen molar-refractivity contribution in [3.8, 4) is 0 Å². The molecule has 7 heteroatoms. The Hall–Kier alpha value is -3.35. The number of para-hydroxylation sites is 1. The summed E-state index contributed by atoms with van der Waals surface area (Å²) < 4.78 is 6.24. The van der Waals surface area contributed by atoms with Crippen molar-refractivity contribution in [2.45, 2.75) is 52.6 Å². The number of anilines is 1. The van der Waals surface area contributed by atoms with Crippen LogP contribution in [0, 0.1) is 12.8 Å². The molecule has 0 saturated carbocycles. The average molecular weight is 434 g/mol. The minimum atomic E-state index is -0.288. The van der Waals surface area contributed by atoms with E-state index in [9.17, 15) is 4.79 Å². The standard InChI is InChI=1S/C25H31N5O2/c1-6-15(2)17(4)27-23-21-9-7-8-10-22(21)32-24(23)18(5)30-13-19(11-20(30)14-31)28-25-16(3)12-26-29-25/h7-10,12,14-15,19-20H,5-6,11,13H2,1-4H3,(H2,26,28,29). The topological polar surface area (TPSA) is 86.5 Å². The Morgan fingerprint density at radius 1 is 1.47 bits per heavy atom. The Morgan fingerprint density at radius 2 is 2.25 bits per heavy atom. The van der Waals surface area contributed by atoms with Gasteiger partial charge in [-0.3, -0.25) is 10.1 Å². The predicted octanol–water partition coefficient (Wildman–Crippen LogP) is 5.33. The van der Waals surface area contributed by atoms with Crippen molar-refractivity contribution >= 4 is 40.2 Å². The van der Waals surface area contributed by atoms with Gasteiger partial charge in [0, 0.05) is 29.2 Å². The van der Waals surface area contributed by atoms with Gasteiger partial charge in [-0.25, -0.2) is 0 Å². The zero-order valence-corrected chi connectivity index (χ0v) is 19.2. The number of aromatic amines is 1. The maximum atomic E-state index is 11.9. The SMILES string of the molecule is C=C(c1oc2ccccc2c1N=C(C)C(C)CC)N1CC(Nc2[nH]ncc2C)CC1C=O. The number of aliphatic imine (C=N–C) groups is 1. The summed E-state index contributed by atoms with van der Waals surface area (Å²) in [4.78, 5) is 18.9. The summed E-state index contributed by atoms with van der Waals surface area (Å²) in [6, 6.07) is 7.69. The Morgan fingerprint density at radius 3 is 2.94 bits per heavy atom. The molecule has 1 saturated heterocycles. The van der Waals surface area contributed by atoms with Crippen LogP contribution in [0.1, 0.15) is 44.9 Å². The smallest absolute Gasteiger partial charge is 0.176 e. The van der Waals surface area contributed by atoms with Crippen LogP contribution >= 0.6 is 0 Å². The molecule has 3 aromatic rings. The molecule has 4 rings (SSSR count). The summed E-state index contributed by atoms with van der Waals surface area (Å²) in [5.74, 6) is 1.87. The number of likely N-dealkylation sites (tertiary alicyclic amines) is 1. The molecule has 0 bridgehead atoms. The lowest BCUT2D eigenvalue weighted by molar-refractivity contribution is -0.110. The summed E-state index contributed by atoms with van der Waals surface area (Å²) >= 11 is 0. The van der Waals surface area contributed by atoms with Gasteiger partial charge in [-0.15, -0.1) is 0 Å². The van der Waals surface area contributed by atoms with Gasteiger partial charge in [0.2, 0.25) is 0 Å². The highest BCUT2D eigenvalue weighted by Gasteiger charge is 2.35. The van der Waals surface area contributed by atoms with E-state index in [1.54, 1.807) is 6.20 Å². The summed E-state index contributed by atoms with van der Waals surface area (Å²) in [7, 11) is 0. The molecule has 2 aromatic heterocycles. The fourth-order valence-electron chi connectivity index (χ4n) is 4.16. The number of H-pyrrole nitrogens is 1. The Labute approximate surface area is 188 Å². The van der Waals surface area contributed by atoms with Crippen LogP contribution in [0.3, 0.4) is 0 Å². The summed E-state index contributed by atoms with van der Waals surface area (Å²) in [6.45, 7) is 13.3. The van der Waals surface area contributed by atoms with Crippen LogP contribution in [0.15, 0.2) is 46.5 Å². The number of aldehydes is 1. The molecule has 1 aliphatic rings. The molecule has 1 fully saturated rings. The second-order valence-electron chi connectivity index (χ2n) is 8.65. The van der Waals surface area contributed by atoms with Gasteiger partial charge in [0.1, 0.15) is 23.4 Å². The van der Waals surface area contributed by atoms with Gasteiger partial charge in [-0.2, -0.15) is 5.10 Å². The van der Waals surface area contributed by atoms with Gasteiger partial charge in [-0.1, -0.05) is 32.6 Å². The zero-order valence-electron chi connectivity index (χ0n) is 19.2. The molecular weight excluding hydrogens is 402 g/mol. The number of carbonyl (C=O) groups is 1.